The van der Waals surface area contributed by atoms with E-state index >= 15 is 0 Å². The number of aliphatic hydroxyl groups is 1. The van der Waals surface area contributed by atoms with Crippen LogP contribution in [0.3, 0.4) is 0 Å². The Kier molecular flexibility index (Phi) is 6.69. The van der Waals surface area contributed by atoms with Crippen molar-refractivity contribution in [1.29, 1.82) is 0 Å². The lowest BCUT2D eigenvalue weighted by Crippen LogP contribution is -2.51. The number of piperidine rings is 3. The van der Waals surface area contributed by atoms with Gasteiger partial charge in [-0.05, 0) is 62.7 Å². The number of nitrogens with zero attached hydrogens (tertiary/aromatic N) is 6. The van der Waals surface area contributed by atoms with E-state index in [1.54, 1.807) is 10.9 Å². The van der Waals surface area contributed by atoms with E-state index in [2.05, 4.69) is 20.7 Å². The van der Waals surface area contributed by atoms with Crippen molar-refractivity contribution in [2.75, 3.05) is 43.5 Å². The summed E-state index contributed by atoms with van der Waals surface area (Å²) in [6, 6.07) is 17.0. The van der Waals surface area contributed by atoms with E-state index in [1.165, 1.54) is 0 Å². The van der Waals surface area contributed by atoms with Crippen molar-refractivity contribution in [3.63, 3.8) is 0 Å². The quantitative estimate of drug-likeness (QED) is 0.243. The lowest BCUT2D eigenvalue weighted by atomic mass is 9.71. The van der Waals surface area contributed by atoms with E-state index in [1.807, 2.05) is 59.3 Å². The van der Waals surface area contributed by atoms with Crippen LogP contribution in [0, 0.1) is 0 Å². The molecular formula is C32H34N8O4. The molecule has 3 saturated heterocycles. The molecule has 0 unspecified atom stereocenters. The van der Waals surface area contributed by atoms with E-state index in [-0.39, 0.29) is 23.6 Å². The molecule has 3 N–H and O–H groups in total. The maximum absolute atomic E-state index is 12.9. The van der Waals surface area contributed by atoms with Gasteiger partial charge in [0.15, 0.2) is 5.82 Å². The molecule has 7 heterocycles. The van der Waals surface area contributed by atoms with Crippen molar-refractivity contribution in [3.05, 3.63) is 82.5 Å². The van der Waals surface area contributed by atoms with Crippen molar-refractivity contribution in [3.8, 4) is 11.5 Å². The molecule has 0 radical (unpaired) electrons. The number of pyridine rings is 1. The number of aliphatic hydroxyl groups excluding tert-OH is 1. The van der Waals surface area contributed by atoms with Crippen LogP contribution in [0.25, 0.3) is 22.4 Å². The molecule has 44 heavy (non-hydrogen) atoms. The minimum absolute atomic E-state index is 0.0166. The molecule has 12 nitrogen and oxygen atoms in total. The maximum Gasteiger partial charge on any atom is 0.274 e. The summed E-state index contributed by atoms with van der Waals surface area (Å²) in [5.41, 5.74) is 3.82. The highest BCUT2D eigenvalue weighted by Gasteiger charge is 2.44. The van der Waals surface area contributed by atoms with Crippen LogP contribution in [0.5, 0.6) is 0 Å². The van der Waals surface area contributed by atoms with Gasteiger partial charge in [-0.15, -0.1) is 0 Å². The predicted molar refractivity (Wildman–Crippen MR) is 165 cm³/mol. The average molecular weight is 595 g/mol. The Hall–Kier alpha value is -4.52. The summed E-state index contributed by atoms with van der Waals surface area (Å²) >= 11 is 0. The molecule has 0 amide bonds. The maximum atomic E-state index is 12.9. The normalized spacial score (nSPS) is 21.7. The second-order valence-electron chi connectivity index (χ2n) is 11.9. The number of hydrogen-bond donors (Lipinski definition) is 3. The van der Waals surface area contributed by atoms with Gasteiger partial charge in [0.05, 0.1) is 48.0 Å². The monoisotopic (exact) mass is 594 g/mol. The number of fused-ring (bicyclic) bond motifs is 6. The van der Waals surface area contributed by atoms with E-state index in [0.29, 0.717) is 48.2 Å². The predicted octanol–water partition coefficient (Wildman–Crippen LogP) is 3.86. The van der Waals surface area contributed by atoms with Crippen molar-refractivity contribution >= 4 is 28.1 Å². The van der Waals surface area contributed by atoms with Gasteiger partial charge >= 0.3 is 0 Å². The van der Waals surface area contributed by atoms with E-state index in [9.17, 15) is 9.90 Å². The van der Waals surface area contributed by atoms with Crippen LogP contribution in [-0.2, 0) is 23.4 Å². The first-order chi connectivity index (χ1) is 21.6. The molecule has 0 saturated carbocycles. The molecule has 4 aliphatic rings. The summed E-state index contributed by atoms with van der Waals surface area (Å²) in [5.74, 6) is 1.75. The first-order valence-electron chi connectivity index (χ1n) is 15.2. The highest BCUT2D eigenvalue weighted by Crippen LogP contribution is 2.42. The second kappa shape index (κ2) is 10.9. The van der Waals surface area contributed by atoms with Crippen LogP contribution in [-0.4, -0.2) is 67.3 Å². The van der Waals surface area contributed by atoms with Crippen molar-refractivity contribution in [2.45, 2.75) is 44.0 Å². The summed E-state index contributed by atoms with van der Waals surface area (Å²) < 4.78 is 15.1. The fourth-order valence-electron chi connectivity index (χ4n) is 6.83. The molecule has 9 rings (SSSR count). The Morgan fingerprint density at radius 2 is 1.82 bits per heavy atom. The van der Waals surface area contributed by atoms with Gasteiger partial charge < -0.3 is 29.9 Å². The number of anilines is 3. The molecule has 2 aromatic carbocycles. The number of benzene rings is 2. The zero-order valence-corrected chi connectivity index (χ0v) is 24.3. The molecule has 2 bridgehead atoms. The van der Waals surface area contributed by atoms with Crippen LogP contribution in [0.1, 0.15) is 36.7 Å². The molecular weight excluding hydrogens is 560 g/mol. The lowest BCUT2D eigenvalue weighted by Gasteiger charge is -2.46. The van der Waals surface area contributed by atoms with E-state index < -0.39 is 0 Å². The number of hydrogen-bond acceptors (Lipinski definition) is 10. The lowest BCUT2D eigenvalue weighted by molar-refractivity contribution is 0.0179. The van der Waals surface area contributed by atoms with Crippen LogP contribution in [0.4, 0.5) is 17.2 Å². The third-order valence-electron chi connectivity index (χ3n) is 9.43. The summed E-state index contributed by atoms with van der Waals surface area (Å²) in [7, 11) is 0. The number of aromatic nitrogens is 5. The van der Waals surface area contributed by atoms with Gasteiger partial charge in [-0.3, -0.25) is 9.48 Å². The number of nitrogens with one attached hydrogen (secondary N) is 2. The number of rotatable bonds is 8. The van der Waals surface area contributed by atoms with Gasteiger partial charge in [0.2, 0.25) is 0 Å². The molecule has 3 aromatic heterocycles. The van der Waals surface area contributed by atoms with Gasteiger partial charge in [0.25, 0.3) is 11.4 Å². The Morgan fingerprint density at radius 1 is 1.00 bits per heavy atom. The SMILES string of the molecule is O=c1c2ccc(Nc3cc(N[C@H](CO)c4ccccc4)c(-c4nc(C56CCN(CC5)CC6)no4)cn3)cc2n2n1CCOC2. The zero-order chi connectivity index (χ0) is 29.7. The second-order valence-corrected chi connectivity index (χ2v) is 11.9. The third-order valence-corrected chi connectivity index (χ3v) is 9.43. The van der Waals surface area contributed by atoms with Crippen molar-refractivity contribution < 1.29 is 14.4 Å². The molecule has 4 aliphatic heterocycles. The van der Waals surface area contributed by atoms with Crippen LogP contribution < -0.4 is 16.2 Å². The summed E-state index contributed by atoms with van der Waals surface area (Å²) in [6.07, 6.45) is 4.82. The first kappa shape index (κ1) is 27.1. The van der Waals surface area contributed by atoms with Gasteiger partial charge in [-0.1, -0.05) is 35.5 Å². The highest BCUT2D eigenvalue weighted by atomic mass is 16.5. The van der Waals surface area contributed by atoms with Crippen molar-refractivity contribution in [2.24, 2.45) is 0 Å². The summed E-state index contributed by atoms with van der Waals surface area (Å²) in [5, 5.41) is 22.4. The number of ether oxygens (including phenoxy) is 1. The molecule has 0 spiro atoms. The Bertz CT molecular complexity index is 1860. The Morgan fingerprint density at radius 3 is 2.61 bits per heavy atom. The molecule has 12 heteroatoms. The van der Waals surface area contributed by atoms with E-state index in [4.69, 9.17) is 19.2 Å². The zero-order valence-electron chi connectivity index (χ0n) is 24.3. The summed E-state index contributed by atoms with van der Waals surface area (Å²) in [6.45, 7) is 4.45. The van der Waals surface area contributed by atoms with Gasteiger partial charge in [-0.2, -0.15) is 4.98 Å². The first-order valence-corrected chi connectivity index (χ1v) is 15.2. The Labute approximate surface area is 253 Å². The van der Waals surface area contributed by atoms with Crippen LogP contribution in [0.15, 0.2) is 70.1 Å². The minimum atomic E-state index is -0.370. The van der Waals surface area contributed by atoms with Crippen molar-refractivity contribution in [1.82, 2.24) is 29.4 Å². The molecule has 5 aromatic rings. The molecule has 226 valence electrons. The standard InChI is InChI=1S/C32H34N8O4/c41-19-26(21-4-2-1-3-5-21)35-25-17-28(34-22-6-7-23-27(16-22)40-20-43-15-14-39(40)30(23)42)33-18-24(25)29-36-31(37-44-29)32-8-11-38(12-9-32)13-10-32/h1-7,16-18,26,41H,8-15,19-20H2,(H2,33,34,35)/t26-/m1/s1. The fraction of sp³-hybridized carbons (Fsp3) is 0.375. The molecule has 0 aliphatic carbocycles. The smallest absolute Gasteiger partial charge is 0.274 e. The Balaban J connectivity index is 1.15. The highest BCUT2D eigenvalue weighted by molar-refractivity contribution is 5.84. The van der Waals surface area contributed by atoms with Crippen LogP contribution >= 0.6 is 0 Å². The van der Waals surface area contributed by atoms with Gasteiger partial charge in [0.1, 0.15) is 12.5 Å². The largest absolute Gasteiger partial charge is 0.394 e. The van der Waals surface area contributed by atoms with Crippen LogP contribution in [0.2, 0.25) is 0 Å². The average Bonchev–Trinajstić information content (AvgIpc) is 3.69. The summed E-state index contributed by atoms with van der Waals surface area (Å²) in [4.78, 5) is 25.0. The fourth-order valence-corrected chi connectivity index (χ4v) is 6.83. The molecule has 1 atom stereocenters. The molecule has 3 fully saturated rings. The van der Waals surface area contributed by atoms with Gasteiger partial charge in [0, 0.05) is 23.4 Å². The van der Waals surface area contributed by atoms with Gasteiger partial charge in [-0.25, -0.2) is 9.67 Å². The van der Waals surface area contributed by atoms with E-state index in [0.717, 1.165) is 61.5 Å². The third kappa shape index (κ3) is 4.66. The minimum Gasteiger partial charge on any atom is -0.394 e. The topological polar surface area (TPSA) is 136 Å².